The summed E-state index contributed by atoms with van der Waals surface area (Å²) >= 11 is 0. The van der Waals surface area contributed by atoms with E-state index in [2.05, 4.69) is 28.3 Å². The van der Waals surface area contributed by atoms with Gasteiger partial charge in [0.15, 0.2) is 5.58 Å². The molecule has 162 valence electrons. The minimum Gasteiger partial charge on any atom is -0.436 e. The highest BCUT2D eigenvalue weighted by Gasteiger charge is 2.23. The summed E-state index contributed by atoms with van der Waals surface area (Å²) in [6.45, 7) is 11.9. The molecule has 0 spiro atoms. The lowest BCUT2D eigenvalue weighted by molar-refractivity contribution is 0.242. The summed E-state index contributed by atoms with van der Waals surface area (Å²) in [4.78, 5) is 17.3. The number of carbonyl (C=O) groups excluding carboxylic acids is 1. The predicted molar refractivity (Wildman–Crippen MR) is 131 cm³/mol. The zero-order valence-corrected chi connectivity index (χ0v) is 18.8. The van der Waals surface area contributed by atoms with Crippen LogP contribution in [-0.2, 0) is 5.54 Å². The van der Waals surface area contributed by atoms with Crippen LogP contribution in [-0.4, -0.2) is 11.0 Å². The van der Waals surface area contributed by atoms with Crippen molar-refractivity contribution in [2.24, 2.45) is 0 Å². The zero-order chi connectivity index (χ0) is 22.9. The van der Waals surface area contributed by atoms with Crippen LogP contribution in [0.3, 0.4) is 0 Å². The van der Waals surface area contributed by atoms with Crippen molar-refractivity contribution in [3.63, 3.8) is 0 Å². The van der Waals surface area contributed by atoms with Gasteiger partial charge in [0.2, 0.25) is 5.89 Å². The molecule has 5 heteroatoms. The molecule has 0 radical (unpaired) electrons. The summed E-state index contributed by atoms with van der Waals surface area (Å²) in [5.74, 6) is 0.568. The smallest absolute Gasteiger partial charge is 0.319 e. The molecule has 4 rings (SSSR count). The van der Waals surface area contributed by atoms with Crippen LogP contribution in [0.1, 0.15) is 37.5 Å². The lowest BCUT2D eigenvalue weighted by Crippen LogP contribution is -2.43. The Morgan fingerprint density at radius 2 is 1.81 bits per heavy atom. The van der Waals surface area contributed by atoms with Crippen LogP contribution in [0, 0.1) is 6.92 Å². The van der Waals surface area contributed by atoms with Crippen LogP contribution in [0.15, 0.2) is 77.7 Å². The summed E-state index contributed by atoms with van der Waals surface area (Å²) in [5.41, 5.74) is 6.51. The minimum absolute atomic E-state index is 0.297. The topological polar surface area (TPSA) is 67.2 Å². The van der Waals surface area contributed by atoms with Gasteiger partial charge in [-0.15, -0.1) is 0 Å². The molecule has 0 saturated carbocycles. The third-order valence-electron chi connectivity index (χ3n) is 5.52. The molecule has 0 bridgehead atoms. The van der Waals surface area contributed by atoms with Crippen molar-refractivity contribution in [2.75, 3.05) is 5.32 Å². The highest BCUT2D eigenvalue weighted by Crippen LogP contribution is 2.28. The third-order valence-corrected chi connectivity index (χ3v) is 5.52. The number of aryl methyl sites for hydroxylation is 1. The Morgan fingerprint density at radius 3 is 2.56 bits per heavy atom. The van der Waals surface area contributed by atoms with Gasteiger partial charge in [0.1, 0.15) is 5.52 Å². The largest absolute Gasteiger partial charge is 0.436 e. The molecule has 1 heterocycles. The van der Waals surface area contributed by atoms with E-state index in [0.717, 1.165) is 33.3 Å². The molecule has 0 saturated heterocycles. The quantitative estimate of drug-likeness (QED) is 0.366. The van der Waals surface area contributed by atoms with E-state index in [-0.39, 0.29) is 6.03 Å². The van der Waals surface area contributed by atoms with Gasteiger partial charge in [-0.2, -0.15) is 0 Å². The Labute approximate surface area is 188 Å². The van der Waals surface area contributed by atoms with Crippen LogP contribution in [0.5, 0.6) is 0 Å². The van der Waals surface area contributed by atoms with Gasteiger partial charge in [0.05, 0.1) is 5.54 Å². The molecule has 0 fully saturated rings. The number of urea groups is 1. The molecule has 4 aromatic rings. The highest BCUT2D eigenvalue weighted by molar-refractivity contribution is 5.92. The van der Waals surface area contributed by atoms with Gasteiger partial charge in [0, 0.05) is 17.3 Å². The molecule has 0 aliphatic heterocycles. The Bertz CT molecular complexity index is 1320. The molecule has 3 aromatic carbocycles. The first kappa shape index (κ1) is 21.4. The second-order valence-electron chi connectivity index (χ2n) is 8.58. The van der Waals surface area contributed by atoms with Gasteiger partial charge < -0.3 is 15.1 Å². The van der Waals surface area contributed by atoms with Crippen molar-refractivity contribution in [1.82, 2.24) is 10.3 Å². The van der Waals surface area contributed by atoms with E-state index in [1.54, 1.807) is 6.07 Å². The van der Waals surface area contributed by atoms with Gasteiger partial charge in [-0.25, -0.2) is 9.78 Å². The second kappa shape index (κ2) is 8.35. The maximum atomic E-state index is 12.7. The molecule has 1 aromatic heterocycles. The number of oxazole rings is 1. The molecule has 5 nitrogen and oxygen atoms in total. The molecular weight excluding hydrogens is 398 g/mol. The second-order valence-corrected chi connectivity index (χ2v) is 8.58. The van der Waals surface area contributed by atoms with Crippen molar-refractivity contribution >= 4 is 28.4 Å². The molecular formula is C27H27N3O2. The number of fused-ring (bicyclic) bond motifs is 1. The number of anilines is 1. The Kier molecular flexibility index (Phi) is 5.57. The van der Waals surface area contributed by atoms with Gasteiger partial charge in [-0.1, -0.05) is 48.6 Å². The van der Waals surface area contributed by atoms with Crippen molar-refractivity contribution in [2.45, 2.75) is 33.2 Å². The van der Waals surface area contributed by atoms with Gasteiger partial charge in [-0.3, -0.25) is 0 Å². The normalized spacial score (nSPS) is 11.4. The van der Waals surface area contributed by atoms with Crippen molar-refractivity contribution in [3.8, 4) is 11.5 Å². The maximum absolute atomic E-state index is 12.7. The van der Waals surface area contributed by atoms with Gasteiger partial charge in [-0.05, 0) is 68.7 Å². The predicted octanol–water partition coefficient (Wildman–Crippen LogP) is 6.89. The fraction of sp³-hybridized carbons (Fsp3) is 0.185. The van der Waals surface area contributed by atoms with E-state index >= 15 is 0 Å². The average Bonchev–Trinajstić information content (AvgIpc) is 3.16. The first-order chi connectivity index (χ1) is 15.2. The molecule has 2 N–H and O–H groups in total. The number of nitrogens with zero attached hydrogens (tertiary/aromatic N) is 1. The summed E-state index contributed by atoms with van der Waals surface area (Å²) in [6, 6.07) is 21.2. The van der Waals surface area contributed by atoms with E-state index in [1.807, 2.05) is 82.3 Å². The Hall–Kier alpha value is -3.86. The summed E-state index contributed by atoms with van der Waals surface area (Å²) in [6.07, 6.45) is 0. The van der Waals surface area contributed by atoms with E-state index in [1.165, 1.54) is 0 Å². The number of benzene rings is 3. The Morgan fingerprint density at radius 1 is 1.03 bits per heavy atom. The standard InChI is InChI=1S/C27H27N3O2/c1-17(2)19-10-8-11-20(15-19)27(4,5)30-26(31)28-21-13-14-23-24(16-21)32-25(29-23)22-12-7-6-9-18(22)3/h6-16H,1H2,2-5H3,(H2,28,30,31). The van der Waals surface area contributed by atoms with E-state index in [4.69, 9.17) is 4.42 Å². The summed E-state index contributed by atoms with van der Waals surface area (Å²) in [7, 11) is 0. The van der Waals surface area contributed by atoms with Crippen LogP contribution in [0.25, 0.3) is 28.1 Å². The number of hydrogen-bond donors (Lipinski definition) is 2. The number of nitrogens with one attached hydrogen (secondary N) is 2. The molecule has 0 aliphatic rings. The van der Waals surface area contributed by atoms with E-state index < -0.39 is 5.54 Å². The number of hydrogen-bond acceptors (Lipinski definition) is 3. The van der Waals surface area contributed by atoms with Crippen LogP contribution < -0.4 is 10.6 Å². The SMILES string of the molecule is C=C(C)c1cccc(C(C)(C)NC(=O)Nc2ccc3nc(-c4ccccc4C)oc3c2)c1. The number of aromatic nitrogens is 1. The van der Waals surface area contributed by atoms with Gasteiger partial charge in [0.25, 0.3) is 0 Å². The zero-order valence-electron chi connectivity index (χ0n) is 18.8. The minimum atomic E-state index is -0.566. The summed E-state index contributed by atoms with van der Waals surface area (Å²) in [5, 5.41) is 5.95. The summed E-state index contributed by atoms with van der Waals surface area (Å²) < 4.78 is 5.97. The third kappa shape index (κ3) is 4.42. The molecule has 0 aliphatic carbocycles. The molecule has 0 unspecified atom stereocenters. The number of allylic oxidation sites excluding steroid dienone is 1. The molecule has 0 atom stereocenters. The van der Waals surface area contributed by atoms with Crippen LogP contribution in [0.4, 0.5) is 10.5 Å². The first-order valence-corrected chi connectivity index (χ1v) is 10.5. The van der Waals surface area contributed by atoms with Gasteiger partial charge >= 0.3 is 6.03 Å². The monoisotopic (exact) mass is 425 g/mol. The van der Waals surface area contributed by atoms with Crippen LogP contribution >= 0.6 is 0 Å². The molecule has 32 heavy (non-hydrogen) atoms. The number of rotatable bonds is 5. The van der Waals surface area contributed by atoms with Crippen molar-refractivity contribution < 1.29 is 9.21 Å². The lowest BCUT2D eigenvalue weighted by Gasteiger charge is -2.27. The lowest BCUT2D eigenvalue weighted by atomic mass is 9.92. The molecule has 2 amide bonds. The van der Waals surface area contributed by atoms with E-state index in [0.29, 0.717) is 17.2 Å². The average molecular weight is 426 g/mol. The number of carbonyl (C=O) groups is 1. The van der Waals surface area contributed by atoms with Crippen molar-refractivity contribution in [1.29, 1.82) is 0 Å². The highest BCUT2D eigenvalue weighted by atomic mass is 16.3. The number of amides is 2. The Balaban J connectivity index is 1.51. The maximum Gasteiger partial charge on any atom is 0.319 e. The van der Waals surface area contributed by atoms with E-state index in [9.17, 15) is 4.79 Å². The first-order valence-electron chi connectivity index (χ1n) is 10.5. The fourth-order valence-electron chi connectivity index (χ4n) is 3.62. The van der Waals surface area contributed by atoms with Crippen LogP contribution in [0.2, 0.25) is 0 Å². The van der Waals surface area contributed by atoms with Crippen molar-refractivity contribution in [3.05, 3.63) is 90.0 Å². The fourth-order valence-corrected chi connectivity index (χ4v) is 3.62.